The van der Waals surface area contributed by atoms with Gasteiger partial charge in [0.2, 0.25) is 0 Å². The molecule has 0 unspecified atom stereocenters. The van der Waals surface area contributed by atoms with Crippen LogP contribution in [0.25, 0.3) is 39.1 Å². The van der Waals surface area contributed by atoms with Gasteiger partial charge in [-0.3, -0.25) is 14.5 Å². The molecule has 9 nitrogen and oxygen atoms in total. The van der Waals surface area contributed by atoms with Crippen LogP contribution in [0.5, 0.6) is 5.75 Å². The summed E-state index contributed by atoms with van der Waals surface area (Å²) in [6.07, 6.45) is 2.30. The second kappa shape index (κ2) is 9.54. The summed E-state index contributed by atoms with van der Waals surface area (Å²) < 4.78 is 7.28. The molecule has 1 aliphatic carbocycles. The Bertz CT molecular complexity index is 2160. The fourth-order valence-electron chi connectivity index (χ4n) is 7.10. The Balaban J connectivity index is 1.28. The molecule has 0 atom stereocenters. The minimum Gasteiger partial charge on any atom is -0.497 e. The van der Waals surface area contributed by atoms with Gasteiger partial charge < -0.3 is 9.84 Å². The van der Waals surface area contributed by atoms with Crippen LogP contribution in [0.2, 0.25) is 0 Å². The molecule has 4 heterocycles. The lowest BCUT2D eigenvalue weighted by molar-refractivity contribution is -0.118. The lowest BCUT2D eigenvalue weighted by Gasteiger charge is -2.55. The largest absolute Gasteiger partial charge is 0.497 e. The van der Waals surface area contributed by atoms with Gasteiger partial charge in [-0.05, 0) is 55.3 Å². The topological polar surface area (TPSA) is 110 Å². The minimum absolute atomic E-state index is 0.248. The molecule has 1 aliphatic heterocycles. The molecular weight excluding hydrogens is 566 g/mol. The third kappa shape index (κ3) is 4.08. The lowest BCUT2D eigenvalue weighted by atomic mass is 9.61. The summed E-state index contributed by atoms with van der Waals surface area (Å²) >= 11 is 0. The van der Waals surface area contributed by atoms with E-state index in [9.17, 15) is 14.7 Å². The Morgan fingerprint density at radius 1 is 0.844 bits per heavy atom. The second-order valence-electron chi connectivity index (χ2n) is 12.3. The van der Waals surface area contributed by atoms with E-state index in [1.807, 2.05) is 67.7 Å². The molecule has 3 aromatic heterocycles. The first kappa shape index (κ1) is 27.2. The van der Waals surface area contributed by atoms with Crippen LogP contribution < -0.4 is 4.74 Å². The molecule has 6 aromatic rings. The van der Waals surface area contributed by atoms with Gasteiger partial charge in [0, 0.05) is 41.6 Å². The van der Waals surface area contributed by atoms with Crippen molar-refractivity contribution in [3.63, 3.8) is 0 Å². The van der Waals surface area contributed by atoms with Crippen molar-refractivity contribution < 1.29 is 19.4 Å². The van der Waals surface area contributed by atoms with Crippen molar-refractivity contribution in [1.82, 2.24) is 24.5 Å². The third-order valence-electron chi connectivity index (χ3n) is 9.03. The maximum Gasteiger partial charge on any atom is 0.262 e. The number of aliphatic hydroxyl groups is 1. The van der Waals surface area contributed by atoms with Crippen LogP contribution in [-0.4, -0.2) is 54.1 Å². The molecule has 0 radical (unpaired) electrons. The van der Waals surface area contributed by atoms with E-state index in [2.05, 4.69) is 16.1 Å². The summed E-state index contributed by atoms with van der Waals surface area (Å²) in [6, 6.07) is 26.5. The van der Waals surface area contributed by atoms with E-state index in [1.54, 1.807) is 42.8 Å². The van der Waals surface area contributed by atoms with Crippen molar-refractivity contribution in [2.75, 3.05) is 7.11 Å². The molecule has 3 aromatic carbocycles. The number of benzene rings is 3. The summed E-state index contributed by atoms with van der Waals surface area (Å²) in [5, 5.41) is 16.4. The molecule has 0 saturated heterocycles. The number of nitrogens with zero attached hydrogens (tertiary/aromatic N) is 5. The van der Waals surface area contributed by atoms with Crippen LogP contribution >= 0.6 is 0 Å². The van der Waals surface area contributed by atoms with Crippen LogP contribution in [-0.2, 0) is 5.54 Å². The van der Waals surface area contributed by atoms with Gasteiger partial charge in [0.05, 0.1) is 40.8 Å². The Morgan fingerprint density at radius 3 is 2.22 bits per heavy atom. The average molecular weight is 596 g/mol. The predicted molar refractivity (Wildman–Crippen MR) is 169 cm³/mol. The fraction of sp³-hybridized carbons (Fsp3) is 0.194. The molecule has 1 saturated carbocycles. The smallest absolute Gasteiger partial charge is 0.262 e. The van der Waals surface area contributed by atoms with Crippen molar-refractivity contribution in [1.29, 1.82) is 0 Å². The molecule has 9 heteroatoms. The highest BCUT2D eigenvalue weighted by molar-refractivity contribution is 6.22. The Kier molecular flexibility index (Phi) is 5.76. The van der Waals surface area contributed by atoms with Crippen molar-refractivity contribution in [2.45, 2.75) is 37.8 Å². The van der Waals surface area contributed by atoms with E-state index in [0.29, 0.717) is 22.4 Å². The van der Waals surface area contributed by atoms with Gasteiger partial charge in [-0.15, -0.1) is 0 Å². The zero-order valence-electron chi connectivity index (χ0n) is 25.0. The van der Waals surface area contributed by atoms with Gasteiger partial charge in [0.1, 0.15) is 5.75 Å². The van der Waals surface area contributed by atoms with Gasteiger partial charge >= 0.3 is 0 Å². The van der Waals surface area contributed by atoms with E-state index < -0.39 is 11.1 Å². The van der Waals surface area contributed by atoms with E-state index in [-0.39, 0.29) is 24.7 Å². The molecule has 1 fully saturated rings. The molecule has 2 amide bonds. The number of rotatable bonds is 5. The predicted octanol–water partition coefficient (Wildman–Crippen LogP) is 5.96. The maximum atomic E-state index is 13.6. The highest BCUT2D eigenvalue weighted by Crippen LogP contribution is 2.54. The fourth-order valence-corrected chi connectivity index (χ4v) is 7.10. The third-order valence-corrected chi connectivity index (χ3v) is 9.03. The first-order valence-electron chi connectivity index (χ1n) is 14.8. The number of aromatic nitrogens is 4. The van der Waals surface area contributed by atoms with Gasteiger partial charge in [-0.25, -0.2) is 9.97 Å². The number of imide groups is 1. The Hall–Kier alpha value is -5.41. The number of amides is 2. The molecular formula is C36H29N5O4. The van der Waals surface area contributed by atoms with Crippen LogP contribution in [0.4, 0.5) is 0 Å². The first-order valence-corrected chi connectivity index (χ1v) is 14.8. The molecule has 222 valence electrons. The number of carbonyl (C=O) groups is 2. The average Bonchev–Trinajstić information content (AvgIpc) is 3.55. The number of ether oxygens (including phenoxy) is 1. The van der Waals surface area contributed by atoms with Crippen LogP contribution in [0.3, 0.4) is 0 Å². The minimum atomic E-state index is -1.01. The lowest BCUT2D eigenvalue weighted by Crippen LogP contribution is -2.63. The van der Waals surface area contributed by atoms with Crippen molar-refractivity contribution in [3.8, 4) is 28.1 Å². The van der Waals surface area contributed by atoms with Gasteiger partial charge in [-0.2, -0.15) is 9.61 Å². The number of pyridine rings is 1. The first-order chi connectivity index (χ1) is 21.7. The molecule has 2 aliphatic rings. The number of hydrogen-bond acceptors (Lipinski definition) is 7. The molecule has 45 heavy (non-hydrogen) atoms. The number of fused-ring (bicyclic) bond motifs is 4. The summed E-state index contributed by atoms with van der Waals surface area (Å²) in [6.45, 7) is 3.66. The summed E-state index contributed by atoms with van der Waals surface area (Å²) in [4.78, 5) is 38.3. The number of carbonyl (C=O) groups excluding carboxylic acids is 2. The van der Waals surface area contributed by atoms with Crippen LogP contribution in [0.15, 0.2) is 91.1 Å². The maximum absolute atomic E-state index is 13.6. The molecule has 0 bridgehead atoms. The van der Waals surface area contributed by atoms with E-state index in [1.165, 1.54) is 4.90 Å². The zero-order valence-corrected chi connectivity index (χ0v) is 25.0. The second-order valence-corrected chi connectivity index (χ2v) is 12.3. The van der Waals surface area contributed by atoms with Gasteiger partial charge in [-0.1, -0.05) is 48.5 Å². The van der Waals surface area contributed by atoms with Crippen molar-refractivity contribution >= 4 is 28.5 Å². The highest BCUT2D eigenvalue weighted by atomic mass is 16.5. The summed E-state index contributed by atoms with van der Waals surface area (Å²) in [7, 11) is 1.64. The van der Waals surface area contributed by atoms with Crippen molar-refractivity contribution in [3.05, 3.63) is 114 Å². The Morgan fingerprint density at radius 2 is 1.56 bits per heavy atom. The SMILES string of the molecule is COc1cccc(-c2cc3cnc4cc(C)nn4c3nc2-c2ccc([C@]3(N4C(=O)c5ccccc5C4=O)C[C@@](C)(O)C3)cc2)c1. The van der Waals surface area contributed by atoms with E-state index >= 15 is 0 Å². The van der Waals surface area contributed by atoms with E-state index in [4.69, 9.17) is 9.72 Å². The van der Waals surface area contributed by atoms with Gasteiger partial charge in [0.25, 0.3) is 11.8 Å². The molecule has 8 rings (SSSR count). The van der Waals surface area contributed by atoms with Crippen LogP contribution in [0.1, 0.15) is 51.7 Å². The van der Waals surface area contributed by atoms with Gasteiger partial charge in [0.15, 0.2) is 11.3 Å². The van der Waals surface area contributed by atoms with Crippen LogP contribution in [0, 0.1) is 6.92 Å². The molecule has 1 N–H and O–H groups in total. The molecule has 0 spiro atoms. The zero-order chi connectivity index (χ0) is 31.1. The number of hydrogen-bond donors (Lipinski definition) is 1. The van der Waals surface area contributed by atoms with E-state index in [0.717, 1.165) is 44.8 Å². The normalized spacial score (nSPS) is 20.9. The number of aryl methyl sites for hydroxylation is 1. The van der Waals surface area contributed by atoms with Crippen molar-refractivity contribution in [2.24, 2.45) is 0 Å². The quantitative estimate of drug-likeness (QED) is 0.245. The highest BCUT2D eigenvalue weighted by Gasteiger charge is 2.60. The summed E-state index contributed by atoms with van der Waals surface area (Å²) in [5.74, 6) is 0.0581. The monoisotopic (exact) mass is 595 g/mol. The summed E-state index contributed by atoms with van der Waals surface area (Å²) in [5.41, 5.74) is 5.22. The Labute approximate surface area is 258 Å². The number of methoxy groups -OCH3 is 1. The standard InChI is InChI=1S/C36H29N5O4/c1-21-15-30-37-18-24-17-29(23-7-6-8-26(16-23)45-3)31(38-32(24)41(30)39-21)22-11-13-25(14-12-22)36(19-35(2,44)20-36)40-33(42)27-9-4-5-10-28(27)34(40)43/h4-18,44H,19-20H2,1-3H3/t35-,36+.